The standard InChI is InChI=1S/C23H22N2O7/c1-30-14-6-4-5-13(9-14)25-11-16(23(28)29)20-21(25)15(10-19(26)24-20)12-7-17(31-2)22(27)18(8-12)32-3/h4-9,11,15,27H,10H2,1-3H3,(H,24,26)(H,28,29). The van der Waals surface area contributed by atoms with Crippen LogP contribution < -0.4 is 19.5 Å². The zero-order chi connectivity index (χ0) is 23.0. The van der Waals surface area contributed by atoms with Crippen LogP contribution in [-0.2, 0) is 4.79 Å². The summed E-state index contributed by atoms with van der Waals surface area (Å²) < 4.78 is 17.6. The molecule has 1 atom stereocenters. The first-order chi connectivity index (χ1) is 15.4. The molecule has 2 aromatic carbocycles. The second-order valence-corrected chi connectivity index (χ2v) is 7.26. The van der Waals surface area contributed by atoms with Crippen molar-refractivity contribution in [3.05, 3.63) is 59.4 Å². The van der Waals surface area contributed by atoms with E-state index in [9.17, 15) is 19.8 Å². The summed E-state index contributed by atoms with van der Waals surface area (Å²) in [5, 5.41) is 22.8. The number of phenolic OH excluding ortho intramolecular Hbond substituents is 1. The van der Waals surface area contributed by atoms with E-state index >= 15 is 0 Å². The molecule has 0 bridgehead atoms. The van der Waals surface area contributed by atoms with Crippen molar-refractivity contribution in [1.82, 2.24) is 4.57 Å². The summed E-state index contributed by atoms with van der Waals surface area (Å²) in [6.07, 6.45) is 1.55. The highest BCUT2D eigenvalue weighted by Gasteiger charge is 2.35. The Bertz CT molecular complexity index is 1190. The number of aromatic carboxylic acids is 1. The molecule has 0 saturated heterocycles. The van der Waals surface area contributed by atoms with Crippen molar-refractivity contribution in [3.8, 4) is 28.7 Å². The van der Waals surface area contributed by atoms with Crippen LogP contribution in [0.4, 0.5) is 5.69 Å². The molecule has 0 saturated carbocycles. The molecule has 166 valence electrons. The molecule has 1 amide bonds. The highest BCUT2D eigenvalue weighted by atomic mass is 16.5. The summed E-state index contributed by atoms with van der Waals surface area (Å²) in [7, 11) is 4.38. The summed E-state index contributed by atoms with van der Waals surface area (Å²) in [6, 6.07) is 10.4. The minimum atomic E-state index is -1.16. The van der Waals surface area contributed by atoms with Gasteiger partial charge in [-0.15, -0.1) is 0 Å². The number of rotatable bonds is 6. The van der Waals surface area contributed by atoms with Gasteiger partial charge in [0, 0.05) is 30.3 Å². The minimum absolute atomic E-state index is 0.0291. The van der Waals surface area contributed by atoms with Gasteiger partial charge in [0.05, 0.1) is 32.7 Å². The SMILES string of the molecule is COc1cccc(-n2cc(C(=O)O)c3c2C(c2cc(OC)c(O)c(OC)c2)CC(=O)N3)c1. The summed E-state index contributed by atoms with van der Waals surface area (Å²) in [5.74, 6) is -1.19. The van der Waals surface area contributed by atoms with Gasteiger partial charge in [0.2, 0.25) is 11.7 Å². The average molecular weight is 438 g/mol. The Morgan fingerprint density at radius 3 is 2.38 bits per heavy atom. The molecular formula is C23H22N2O7. The van der Waals surface area contributed by atoms with E-state index in [0.717, 1.165) is 0 Å². The van der Waals surface area contributed by atoms with Crippen LogP contribution in [0.5, 0.6) is 23.0 Å². The Balaban J connectivity index is 1.98. The van der Waals surface area contributed by atoms with Crippen LogP contribution in [0.1, 0.15) is 34.0 Å². The third-order valence-corrected chi connectivity index (χ3v) is 5.49. The molecular weight excluding hydrogens is 416 g/mol. The van der Waals surface area contributed by atoms with E-state index in [1.165, 1.54) is 20.4 Å². The first-order valence-electron chi connectivity index (χ1n) is 9.75. The van der Waals surface area contributed by atoms with Gasteiger partial charge in [-0.25, -0.2) is 4.79 Å². The minimum Gasteiger partial charge on any atom is -0.502 e. The molecule has 2 heterocycles. The summed E-state index contributed by atoms with van der Waals surface area (Å²) in [5.41, 5.74) is 2.09. The Kier molecular flexibility index (Phi) is 5.40. The van der Waals surface area contributed by atoms with Gasteiger partial charge in [0.25, 0.3) is 0 Å². The van der Waals surface area contributed by atoms with Gasteiger partial charge in [-0.1, -0.05) is 6.07 Å². The molecule has 3 N–H and O–H groups in total. The van der Waals surface area contributed by atoms with Crippen LogP contribution >= 0.6 is 0 Å². The summed E-state index contributed by atoms with van der Waals surface area (Å²) in [6.45, 7) is 0. The number of aromatic hydroxyl groups is 1. The predicted molar refractivity (Wildman–Crippen MR) is 116 cm³/mol. The Hall–Kier alpha value is -4.14. The van der Waals surface area contributed by atoms with E-state index in [4.69, 9.17) is 14.2 Å². The van der Waals surface area contributed by atoms with Crippen molar-refractivity contribution in [1.29, 1.82) is 0 Å². The normalized spacial score (nSPS) is 15.0. The Labute approximate surface area is 183 Å². The number of ether oxygens (including phenoxy) is 3. The number of fused-ring (bicyclic) bond motifs is 1. The topological polar surface area (TPSA) is 119 Å². The summed E-state index contributed by atoms with van der Waals surface area (Å²) >= 11 is 0. The number of phenols is 1. The Morgan fingerprint density at radius 2 is 1.78 bits per heavy atom. The third kappa shape index (κ3) is 3.47. The number of anilines is 1. The number of amides is 1. The van der Waals surface area contributed by atoms with Crippen LogP contribution in [0.15, 0.2) is 42.6 Å². The van der Waals surface area contributed by atoms with Crippen molar-refractivity contribution >= 4 is 17.6 Å². The number of benzene rings is 2. The quantitative estimate of drug-likeness (QED) is 0.540. The number of carboxylic acid groups (broad SMARTS) is 1. The van der Waals surface area contributed by atoms with E-state index in [2.05, 4.69) is 5.32 Å². The fraction of sp³-hybridized carbons (Fsp3) is 0.217. The molecule has 4 rings (SSSR count). The molecule has 9 nitrogen and oxygen atoms in total. The van der Waals surface area contributed by atoms with Crippen LogP contribution in [0.25, 0.3) is 5.69 Å². The van der Waals surface area contributed by atoms with Gasteiger partial charge in [-0.2, -0.15) is 0 Å². The molecule has 1 aromatic heterocycles. The summed E-state index contributed by atoms with van der Waals surface area (Å²) in [4.78, 5) is 24.5. The van der Waals surface area contributed by atoms with E-state index in [-0.39, 0.29) is 40.8 Å². The highest BCUT2D eigenvalue weighted by Crippen LogP contribution is 2.46. The fourth-order valence-electron chi connectivity index (χ4n) is 3.99. The fourth-order valence-corrected chi connectivity index (χ4v) is 3.99. The molecule has 9 heteroatoms. The number of hydrogen-bond acceptors (Lipinski definition) is 6. The van der Waals surface area contributed by atoms with E-state index < -0.39 is 11.9 Å². The van der Waals surface area contributed by atoms with Gasteiger partial charge in [-0.05, 0) is 29.8 Å². The number of hydrogen-bond donors (Lipinski definition) is 3. The smallest absolute Gasteiger partial charge is 0.339 e. The number of nitrogens with one attached hydrogen (secondary N) is 1. The molecule has 32 heavy (non-hydrogen) atoms. The van der Waals surface area contributed by atoms with Crippen molar-refractivity contribution in [2.75, 3.05) is 26.6 Å². The number of nitrogens with zero attached hydrogens (tertiary/aromatic N) is 1. The van der Waals surface area contributed by atoms with Crippen molar-refractivity contribution in [2.45, 2.75) is 12.3 Å². The number of carbonyl (C=O) groups excluding carboxylic acids is 1. The maximum atomic E-state index is 12.6. The van der Waals surface area contributed by atoms with Gasteiger partial charge < -0.3 is 34.3 Å². The van der Waals surface area contributed by atoms with E-state index in [0.29, 0.717) is 22.7 Å². The van der Waals surface area contributed by atoms with Crippen molar-refractivity contribution in [3.63, 3.8) is 0 Å². The lowest BCUT2D eigenvalue weighted by molar-refractivity contribution is -0.116. The lowest BCUT2D eigenvalue weighted by atomic mass is 9.87. The molecule has 0 spiro atoms. The zero-order valence-electron chi connectivity index (χ0n) is 17.7. The first-order valence-corrected chi connectivity index (χ1v) is 9.75. The lowest BCUT2D eigenvalue weighted by Gasteiger charge is -2.27. The molecule has 0 radical (unpaired) electrons. The van der Waals surface area contributed by atoms with Gasteiger partial charge in [0.1, 0.15) is 11.3 Å². The lowest BCUT2D eigenvalue weighted by Crippen LogP contribution is -2.25. The van der Waals surface area contributed by atoms with Crippen molar-refractivity contribution < 1.29 is 34.0 Å². The van der Waals surface area contributed by atoms with Gasteiger partial charge in [-0.3, -0.25) is 4.79 Å². The van der Waals surface area contributed by atoms with Crippen LogP contribution in [0, 0.1) is 0 Å². The maximum absolute atomic E-state index is 12.6. The number of carboxylic acids is 1. The number of carbonyl (C=O) groups is 2. The molecule has 1 aliphatic rings. The maximum Gasteiger partial charge on any atom is 0.339 e. The largest absolute Gasteiger partial charge is 0.502 e. The number of aromatic nitrogens is 1. The van der Waals surface area contributed by atoms with Crippen LogP contribution in [-0.4, -0.2) is 48.0 Å². The molecule has 0 aliphatic carbocycles. The molecule has 0 fully saturated rings. The van der Waals surface area contributed by atoms with Crippen LogP contribution in [0.3, 0.4) is 0 Å². The molecule has 1 unspecified atom stereocenters. The second kappa shape index (κ2) is 8.18. The molecule has 3 aromatic rings. The second-order valence-electron chi connectivity index (χ2n) is 7.26. The van der Waals surface area contributed by atoms with E-state index in [1.807, 2.05) is 6.07 Å². The average Bonchev–Trinajstić information content (AvgIpc) is 3.18. The van der Waals surface area contributed by atoms with Crippen molar-refractivity contribution in [2.24, 2.45) is 0 Å². The van der Waals surface area contributed by atoms with Crippen LogP contribution in [0.2, 0.25) is 0 Å². The molecule has 1 aliphatic heterocycles. The Morgan fingerprint density at radius 1 is 1.09 bits per heavy atom. The van der Waals surface area contributed by atoms with Gasteiger partial charge >= 0.3 is 5.97 Å². The van der Waals surface area contributed by atoms with Gasteiger partial charge in [0.15, 0.2) is 11.5 Å². The third-order valence-electron chi connectivity index (χ3n) is 5.49. The van der Waals surface area contributed by atoms with E-state index in [1.54, 1.807) is 42.0 Å². The predicted octanol–water partition coefficient (Wildman–Crippen LogP) is 3.38. The number of methoxy groups -OCH3 is 3. The zero-order valence-corrected chi connectivity index (χ0v) is 17.7. The monoisotopic (exact) mass is 438 g/mol. The highest BCUT2D eigenvalue weighted by molar-refractivity contribution is 6.04. The first kappa shape index (κ1) is 21.1.